The average Bonchev–Trinajstić information content (AvgIpc) is 3.43. The summed E-state index contributed by atoms with van der Waals surface area (Å²) in [5, 5.41) is 12.4. The van der Waals surface area contributed by atoms with E-state index in [4.69, 9.17) is 23.9 Å². The van der Waals surface area contributed by atoms with Gasteiger partial charge in [0.25, 0.3) is 11.5 Å². The number of ether oxygens (including phenoxy) is 4. The van der Waals surface area contributed by atoms with Crippen LogP contribution in [0.3, 0.4) is 0 Å². The predicted molar refractivity (Wildman–Crippen MR) is 187 cm³/mol. The van der Waals surface area contributed by atoms with Gasteiger partial charge in [0.2, 0.25) is 0 Å². The second kappa shape index (κ2) is 14.3. The highest BCUT2D eigenvalue weighted by atomic mass is 32.1. The molecule has 0 fully saturated rings. The van der Waals surface area contributed by atoms with Crippen LogP contribution < -0.4 is 39.2 Å². The fraction of sp³-hybridized carbons (Fsp3) is 0.158. The highest BCUT2D eigenvalue weighted by Crippen LogP contribution is 2.38. The minimum atomic E-state index is -0.843. The van der Waals surface area contributed by atoms with Gasteiger partial charge in [0.05, 0.1) is 48.8 Å². The molecule has 0 aliphatic carbocycles. The third-order valence-electron chi connectivity index (χ3n) is 8.04. The van der Waals surface area contributed by atoms with Gasteiger partial charge in [0.15, 0.2) is 16.3 Å². The summed E-state index contributed by atoms with van der Waals surface area (Å²) in [6.07, 6.45) is 1.76. The number of anilines is 1. The van der Waals surface area contributed by atoms with Gasteiger partial charge in [-0.15, -0.1) is 0 Å². The zero-order valence-electron chi connectivity index (χ0n) is 27.2. The van der Waals surface area contributed by atoms with Crippen LogP contribution in [0.4, 0.5) is 5.69 Å². The lowest BCUT2D eigenvalue weighted by atomic mass is 9.94. The molecule has 5 aromatic rings. The number of carbonyl (C=O) groups is 1. The molecular weight excluding hydrogens is 641 g/mol. The number of methoxy groups -OCH3 is 3. The summed E-state index contributed by atoms with van der Waals surface area (Å²) in [7, 11) is 4.63. The molecule has 0 saturated carbocycles. The zero-order chi connectivity index (χ0) is 34.5. The SMILES string of the molecule is COc1ccc([C@H]2C(C(=O)Nc3ccccc3)=C(C)N=c3s/c(=C\c4ccc(OCc5ccccc5C#N)c(OC)c4)c(=O)n32)c(OC)c1. The molecule has 10 nitrogen and oxygen atoms in total. The molecule has 1 amide bonds. The number of nitrogens with zero attached hydrogens (tertiary/aromatic N) is 3. The number of carbonyl (C=O) groups excluding carboxylic acids is 1. The lowest BCUT2D eigenvalue weighted by Gasteiger charge is -2.26. The monoisotopic (exact) mass is 672 g/mol. The van der Waals surface area contributed by atoms with Gasteiger partial charge in [-0.3, -0.25) is 14.2 Å². The van der Waals surface area contributed by atoms with E-state index in [1.54, 1.807) is 74.7 Å². The first-order valence-corrected chi connectivity index (χ1v) is 16.1. The van der Waals surface area contributed by atoms with Crippen LogP contribution in [0.1, 0.15) is 35.2 Å². The summed E-state index contributed by atoms with van der Waals surface area (Å²) >= 11 is 1.22. The highest BCUT2D eigenvalue weighted by molar-refractivity contribution is 7.07. The number of aromatic nitrogens is 1. The first-order chi connectivity index (χ1) is 23.8. The van der Waals surface area contributed by atoms with Crippen LogP contribution >= 0.6 is 11.3 Å². The Morgan fingerprint density at radius 1 is 0.939 bits per heavy atom. The minimum Gasteiger partial charge on any atom is -0.497 e. The van der Waals surface area contributed by atoms with E-state index in [1.807, 2.05) is 36.4 Å². The van der Waals surface area contributed by atoms with E-state index in [2.05, 4.69) is 11.4 Å². The molecular formula is C38H32N4O6S. The van der Waals surface area contributed by atoms with Crippen molar-refractivity contribution in [1.29, 1.82) is 5.26 Å². The van der Waals surface area contributed by atoms with Crippen LogP contribution in [-0.2, 0) is 11.4 Å². The Labute approximate surface area is 286 Å². The number of amides is 1. The number of fused-ring (bicyclic) bond motifs is 1. The van der Waals surface area contributed by atoms with Gasteiger partial charge in [-0.25, -0.2) is 4.99 Å². The minimum absolute atomic E-state index is 0.187. The normalized spacial score (nSPS) is 13.9. The smallest absolute Gasteiger partial charge is 0.271 e. The maximum atomic E-state index is 14.3. The standard InChI is InChI=1S/C38H32N4O6S/c1-23-34(36(43)41-27-12-6-5-7-13-27)35(29-16-15-28(45-2)20-31(29)46-3)42-37(44)33(49-38(42)40-23)19-24-14-17-30(32(18-24)47-4)48-22-26-11-9-8-10-25(26)21-39/h5-20,35H,22H2,1-4H3,(H,41,43)/b33-19-/t35-/m0/s1. The second-order valence-corrected chi connectivity index (χ2v) is 12.0. The maximum Gasteiger partial charge on any atom is 0.271 e. The van der Waals surface area contributed by atoms with E-state index in [0.29, 0.717) is 66.0 Å². The van der Waals surface area contributed by atoms with Crippen LogP contribution in [0.5, 0.6) is 23.0 Å². The number of allylic oxidation sites excluding steroid dienone is 1. The molecule has 49 heavy (non-hydrogen) atoms. The van der Waals surface area contributed by atoms with Crippen LogP contribution in [0.2, 0.25) is 0 Å². The quantitative estimate of drug-likeness (QED) is 0.212. The molecule has 0 spiro atoms. The third kappa shape index (κ3) is 6.68. The Morgan fingerprint density at radius 2 is 1.69 bits per heavy atom. The molecule has 246 valence electrons. The highest BCUT2D eigenvalue weighted by Gasteiger charge is 2.34. The molecule has 0 saturated heterocycles. The van der Waals surface area contributed by atoms with Crippen molar-refractivity contribution in [1.82, 2.24) is 4.57 Å². The summed E-state index contributed by atoms with van der Waals surface area (Å²) in [4.78, 5) is 33.4. The fourth-order valence-corrected chi connectivity index (χ4v) is 6.67. The van der Waals surface area contributed by atoms with Gasteiger partial charge in [0.1, 0.15) is 24.1 Å². The number of rotatable bonds is 10. The van der Waals surface area contributed by atoms with Gasteiger partial charge in [0, 0.05) is 22.9 Å². The molecule has 4 aromatic carbocycles. The summed E-state index contributed by atoms with van der Waals surface area (Å²) < 4.78 is 24.7. The van der Waals surface area contributed by atoms with Gasteiger partial charge >= 0.3 is 0 Å². The first-order valence-electron chi connectivity index (χ1n) is 15.2. The van der Waals surface area contributed by atoms with Crippen molar-refractivity contribution in [3.05, 3.63) is 144 Å². The van der Waals surface area contributed by atoms with Crippen molar-refractivity contribution >= 4 is 29.0 Å². The summed E-state index contributed by atoms with van der Waals surface area (Å²) in [5.74, 6) is 1.59. The van der Waals surface area contributed by atoms with E-state index in [9.17, 15) is 14.9 Å². The second-order valence-electron chi connectivity index (χ2n) is 11.0. The van der Waals surface area contributed by atoms with E-state index in [0.717, 1.165) is 5.56 Å². The molecule has 1 aliphatic heterocycles. The lowest BCUT2D eigenvalue weighted by molar-refractivity contribution is -0.113. The Balaban J connectivity index is 1.42. The van der Waals surface area contributed by atoms with Gasteiger partial charge in [-0.1, -0.05) is 53.8 Å². The van der Waals surface area contributed by atoms with Gasteiger partial charge in [-0.2, -0.15) is 5.26 Å². The van der Waals surface area contributed by atoms with Crippen molar-refractivity contribution in [2.75, 3.05) is 26.6 Å². The number of hydrogen-bond acceptors (Lipinski definition) is 9. The summed E-state index contributed by atoms with van der Waals surface area (Å²) in [6.45, 7) is 1.95. The van der Waals surface area contributed by atoms with Crippen molar-refractivity contribution in [2.45, 2.75) is 19.6 Å². The largest absolute Gasteiger partial charge is 0.497 e. The van der Waals surface area contributed by atoms with Crippen LogP contribution in [-0.4, -0.2) is 31.8 Å². The van der Waals surface area contributed by atoms with Gasteiger partial charge in [-0.05, 0) is 61.0 Å². The van der Waals surface area contributed by atoms with Crippen LogP contribution in [0.25, 0.3) is 6.08 Å². The topological polar surface area (TPSA) is 124 Å². The zero-order valence-corrected chi connectivity index (χ0v) is 28.0. The molecule has 1 aliphatic rings. The van der Waals surface area contributed by atoms with Crippen molar-refractivity contribution in [2.24, 2.45) is 4.99 Å². The Morgan fingerprint density at radius 3 is 2.43 bits per heavy atom. The van der Waals surface area contributed by atoms with E-state index in [-0.39, 0.29) is 18.1 Å². The lowest BCUT2D eigenvalue weighted by Crippen LogP contribution is -2.40. The van der Waals surface area contributed by atoms with Crippen molar-refractivity contribution < 1.29 is 23.7 Å². The number of thiazole rings is 1. The fourth-order valence-electron chi connectivity index (χ4n) is 5.63. The Hall–Kier alpha value is -6.12. The number of hydrogen-bond donors (Lipinski definition) is 1. The molecule has 6 rings (SSSR count). The molecule has 0 unspecified atom stereocenters. The van der Waals surface area contributed by atoms with E-state index in [1.165, 1.54) is 30.1 Å². The Bertz CT molecular complexity index is 2300. The number of para-hydroxylation sites is 1. The molecule has 11 heteroatoms. The molecule has 0 bridgehead atoms. The van der Waals surface area contributed by atoms with Crippen molar-refractivity contribution in [3.8, 4) is 29.1 Å². The average molecular weight is 673 g/mol. The van der Waals surface area contributed by atoms with Crippen molar-refractivity contribution in [3.63, 3.8) is 0 Å². The number of nitriles is 1. The molecule has 1 N–H and O–H groups in total. The molecule has 2 heterocycles. The maximum absolute atomic E-state index is 14.3. The number of nitrogens with one attached hydrogen (secondary N) is 1. The third-order valence-corrected chi connectivity index (χ3v) is 9.02. The predicted octanol–water partition coefficient (Wildman–Crippen LogP) is 5.35. The molecule has 0 radical (unpaired) electrons. The van der Waals surface area contributed by atoms with Gasteiger partial charge < -0.3 is 24.3 Å². The Kier molecular flexibility index (Phi) is 9.60. The van der Waals surface area contributed by atoms with E-state index >= 15 is 0 Å². The summed E-state index contributed by atoms with van der Waals surface area (Å²) in [6, 6.07) is 28.3. The number of benzene rings is 4. The summed E-state index contributed by atoms with van der Waals surface area (Å²) in [5.41, 5.74) is 3.67. The van der Waals surface area contributed by atoms with Crippen LogP contribution in [0, 0.1) is 11.3 Å². The molecule has 1 atom stereocenters. The first kappa shape index (κ1) is 32.8. The van der Waals surface area contributed by atoms with Crippen LogP contribution in [0.15, 0.2) is 112 Å². The molecule has 1 aromatic heterocycles. The van der Waals surface area contributed by atoms with E-state index < -0.39 is 6.04 Å².